The lowest BCUT2D eigenvalue weighted by Gasteiger charge is -2.52. The van der Waals surface area contributed by atoms with E-state index in [-0.39, 0.29) is 42.7 Å². The molecule has 1 atom stereocenters. The van der Waals surface area contributed by atoms with Crippen LogP contribution in [0, 0.1) is 5.41 Å². The predicted molar refractivity (Wildman–Crippen MR) is 154 cm³/mol. The van der Waals surface area contributed by atoms with E-state index in [1.54, 1.807) is 11.8 Å². The van der Waals surface area contributed by atoms with Crippen LogP contribution in [0.2, 0.25) is 0 Å². The zero-order chi connectivity index (χ0) is 30.6. The van der Waals surface area contributed by atoms with Crippen LogP contribution < -0.4 is 25.0 Å². The van der Waals surface area contributed by atoms with Gasteiger partial charge in [-0.05, 0) is 57.7 Å². The first-order valence-electron chi connectivity index (χ1n) is 14.7. The van der Waals surface area contributed by atoms with Crippen LogP contribution in [-0.4, -0.2) is 106 Å². The Balaban J connectivity index is 1.15. The number of alkyl halides is 2. The molecule has 2 N–H and O–H groups in total. The molecule has 0 bridgehead atoms. The summed E-state index contributed by atoms with van der Waals surface area (Å²) in [5.41, 5.74) is 0.310. The molecule has 15 heteroatoms. The first-order chi connectivity index (χ1) is 20.6. The number of piperidine rings is 2. The summed E-state index contributed by atoms with van der Waals surface area (Å²) >= 11 is 0. The molecule has 234 valence electrons. The highest BCUT2D eigenvalue weighted by Crippen LogP contribution is 2.49. The average Bonchev–Trinajstić information content (AvgIpc) is 2.97. The zero-order valence-electron chi connectivity index (χ0n) is 24.8. The van der Waals surface area contributed by atoms with Gasteiger partial charge in [-0.3, -0.25) is 5.32 Å². The average molecular weight is 604 g/mol. The number of carbonyl (C=O) groups is 2. The Morgan fingerprint density at radius 2 is 1.84 bits per heavy atom. The number of hydrogen-bond donors (Lipinski definition) is 2. The van der Waals surface area contributed by atoms with Gasteiger partial charge in [-0.1, -0.05) is 6.92 Å². The molecule has 3 aliphatic rings. The maximum Gasteiger partial charge on any atom is 0.414 e. The number of ether oxygens (including phenoxy) is 2. The number of halogens is 2. The second-order valence-electron chi connectivity index (χ2n) is 11.5. The molecule has 5 rings (SSSR count). The predicted octanol–water partition coefficient (Wildman–Crippen LogP) is 3.40. The van der Waals surface area contributed by atoms with Gasteiger partial charge in [0.15, 0.2) is 5.82 Å². The van der Waals surface area contributed by atoms with Gasteiger partial charge in [-0.15, -0.1) is 0 Å². The first-order valence-corrected chi connectivity index (χ1v) is 14.7. The fourth-order valence-electron chi connectivity index (χ4n) is 6.09. The third kappa shape index (κ3) is 7.20. The van der Waals surface area contributed by atoms with Crippen molar-refractivity contribution in [1.82, 2.24) is 35.1 Å². The summed E-state index contributed by atoms with van der Waals surface area (Å²) in [5.74, 6) is -2.63. The molecule has 1 spiro atoms. The van der Waals surface area contributed by atoms with E-state index in [4.69, 9.17) is 9.47 Å². The molecule has 4 heterocycles. The van der Waals surface area contributed by atoms with Gasteiger partial charge >= 0.3 is 12.1 Å². The van der Waals surface area contributed by atoms with E-state index in [2.05, 4.69) is 42.4 Å². The molecule has 1 aliphatic carbocycles. The second kappa shape index (κ2) is 12.8. The monoisotopic (exact) mass is 603 g/mol. The van der Waals surface area contributed by atoms with Crippen LogP contribution in [-0.2, 0) is 0 Å². The van der Waals surface area contributed by atoms with Gasteiger partial charge in [0.25, 0.3) is 5.92 Å². The van der Waals surface area contributed by atoms with Crippen LogP contribution in [0.1, 0.15) is 46.0 Å². The van der Waals surface area contributed by atoms with E-state index in [1.165, 1.54) is 31.7 Å². The summed E-state index contributed by atoms with van der Waals surface area (Å²) in [6.07, 6.45) is 7.07. The van der Waals surface area contributed by atoms with Crippen LogP contribution >= 0.6 is 0 Å². The minimum atomic E-state index is -3.16. The Morgan fingerprint density at radius 1 is 1.07 bits per heavy atom. The lowest BCUT2D eigenvalue weighted by Crippen LogP contribution is -2.60. The van der Waals surface area contributed by atoms with Crippen LogP contribution in [0.25, 0.3) is 0 Å². The minimum Gasteiger partial charge on any atom is -0.477 e. The largest absolute Gasteiger partial charge is 0.477 e. The highest BCUT2D eigenvalue weighted by molar-refractivity contribution is 5.88. The smallest absolute Gasteiger partial charge is 0.414 e. The van der Waals surface area contributed by atoms with Gasteiger partial charge in [-0.2, -0.15) is 4.98 Å². The van der Waals surface area contributed by atoms with E-state index >= 15 is 8.78 Å². The highest BCUT2D eigenvalue weighted by Gasteiger charge is 2.48. The number of rotatable bonds is 8. The molecular formula is C28H39F2N9O4. The fourth-order valence-corrected chi connectivity index (χ4v) is 6.09. The summed E-state index contributed by atoms with van der Waals surface area (Å²) in [4.78, 5) is 46.9. The van der Waals surface area contributed by atoms with Gasteiger partial charge in [0, 0.05) is 44.9 Å². The van der Waals surface area contributed by atoms with Gasteiger partial charge in [0.05, 0.1) is 19.0 Å². The number of urea groups is 1. The lowest BCUT2D eigenvalue weighted by atomic mass is 9.60. The maximum atomic E-state index is 15.0. The van der Waals surface area contributed by atoms with Crippen molar-refractivity contribution in [1.29, 1.82) is 0 Å². The molecule has 2 aromatic rings. The summed E-state index contributed by atoms with van der Waals surface area (Å²) in [6, 6.07) is -0.751. The first kappa shape index (κ1) is 30.6. The summed E-state index contributed by atoms with van der Waals surface area (Å²) in [7, 11) is 1.29. The number of likely N-dealkylation sites (tertiary alicyclic amines) is 1. The number of anilines is 2. The molecule has 0 aromatic carbocycles. The lowest BCUT2D eigenvalue weighted by molar-refractivity contribution is -0.0760. The highest BCUT2D eigenvalue weighted by atomic mass is 19.3. The minimum absolute atomic E-state index is 0.0156. The Hall–Kier alpha value is -3.88. The van der Waals surface area contributed by atoms with Crippen molar-refractivity contribution < 1.29 is 27.8 Å². The van der Waals surface area contributed by atoms with Gasteiger partial charge in [-0.25, -0.2) is 33.3 Å². The molecular weight excluding hydrogens is 564 g/mol. The van der Waals surface area contributed by atoms with Crippen molar-refractivity contribution in [3.8, 4) is 11.8 Å². The topological polar surface area (TPSA) is 138 Å². The van der Waals surface area contributed by atoms with Crippen molar-refractivity contribution in [3.05, 3.63) is 24.7 Å². The molecule has 1 saturated carbocycles. The van der Waals surface area contributed by atoms with E-state index in [0.29, 0.717) is 12.0 Å². The van der Waals surface area contributed by atoms with Crippen LogP contribution in [0.3, 0.4) is 0 Å². The number of aromatic nitrogens is 4. The van der Waals surface area contributed by atoms with Crippen molar-refractivity contribution in [2.45, 2.75) is 64.0 Å². The molecule has 3 amide bonds. The molecule has 0 unspecified atom stereocenters. The van der Waals surface area contributed by atoms with Gasteiger partial charge in [0.1, 0.15) is 6.04 Å². The molecule has 2 saturated heterocycles. The zero-order valence-corrected chi connectivity index (χ0v) is 24.8. The molecule has 43 heavy (non-hydrogen) atoms. The number of nitrogens with one attached hydrogen (secondary N) is 2. The number of nitrogens with zero attached hydrogens (tertiary/aromatic N) is 7. The van der Waals surface area contributed by atoms with Crippen molar-refractivity contribution in [3.63, 3.8) is 0 Å². The number of hydrogen-bond acceptors (Lipinski definition) is 10. The van der Waals surface area contributed by atoms with Gasteiger partial charge < -0.3 is 29.5 Å². The number of likely N-dealkylation sites (N-methyl/N-ethyl adjacent to an activating group) is 1. The standard InChI is InChI=1S/C28H39F2N9O4/c1-4-38-11-7-27(8-12-38)14-19(15-27)34-26(41)43-22-6-10-31-24(36-22)39-13-9-28(29,30)20(18-39)37(3)25(40)35-21-16-33-23(17-32-21)42-5-2/h6,10,16-17,19-20H,4-5,7-9,11-15,18H2,1-3H3,(H,34,41)(H,32,35,40)/t20-/m0/s1. The summed E-state index contributed by atoms with van der Waals surface area (Å²) in [5, 5.41) is 5.41. The van der Waals surface area contributed by atoms with Crippen molar-refractivity contribution >= 4 is 23.9 Å². The van der Waals surface area contributed by atoms with Gasteiger partial charge in [0.2, 0.25) is 17.7 Å². The Morgan fingerprint density at radius 3 is 2.51 bits per heavy atom. The molecule has 3 fully saturated rings. The normalized spacial score (nSPS) is 21.5. The maximum absolute atomic E-state index is 15.0. The van der Waals surface area contributed by atoms with Crippen LogP contribution in [0.5, 0.6) is 11.8 Å². The summed E-state index contributed by atoms with van der Waals surface area (Å²) in [6.45, 7) is 7.36. The number of amides is 3. The van der Waals surface area contributed by atoms with Crippen LogP contribution in [0.4, 0.5) is 30.1 Å². The van der Waals surface area contributed by atoms with E-state index < -0.39 is 30.5 Å². The summed E-state index contributed by atoms with van der Waals surface area (Å²) < 4.78 is 40.7. The van der Waals surface area contributed by atoms with Crippen LogP contribution in [0.15, 0.2) is 24.7 Å². The van der Waals surface area contributed by atoms with Crippen molar-refractivity contribution in [2.24, 2.45) is 5.41 Å². The molecule has 2 aromatic heterocycles. The Labute approximate surface area is 249 Å². The van der Waals surface area contributed by atoms with E-state index in [1.807, 2.05) is 0 Å². The fraction of sp³-hybridized carbons (Fsp3) is 0.643. The Bertz CT molecular complexity index is 1270. The molecule has 13 nitrogen and oxygen atoms in total. The molecule has 0 radical (unpaired) electrons. The number of carbonyl (C=O) groups excluding carboxylic acids is 2. The second-order valence-corrected chi connectivity index (χ2v) is 11.5. The SMILES string of the molecule is CCOc1cnc(NC(=O)N(C)[C@H]2CN(c3nccc(OC(=O)NC4CC5(CCN(CC)CC5)C4)n3)CCC2(F)F)cn1. The quantitative estimate of drug-likeness (QED) is 0.462. The molecule has 2 aliphatic heterocycles. The third-order valence-electron chi connectivity index (χ3n) is 8.68. The van der Waals surface area contributed by atoms with E-state index in [9.17, 15) is 9.59 Å². The van der Waals surface area contributed by atoms with E-state index in [0.717, 1.165) is 50.2 Å². The van der Waals surface area contributed by atoms with Crippen molar-refractivity contribution in [2.75, 3.05) is 56.6 Å². The Kier molecular flexibility index (Phi) is 9.08. The third-order valence-corrected chi connectivity index (χ3v) is 8.68.